The minimum Gasteiger partial charge on any atom is -0.497 e. The molecule has 0 aliphatic heterocycles. The zero-order chi connectivity index (χ0) is 13.4. The predicted molar refractivity (Wildman–Crippen MR) is 75.2 cm³/mol. The van der Waals surface area contributed by atoms with Gasteiger partial charge in [-0.2, -0.15) is 0 Å². The zero-order valence-corrected chi connectivity index (χ0v) is 11.2. The molecule has 0 heterocycles. The molecule has 1 aromatic rings. The molecule has 0 atom stereocenters. The summed E-state index contributed by atoms with van der Waals surface area (Å²) in [5.74, 6) is 1.64. The van der Waals surface area contributed by atoms with Gasteiger partial charge in [-0.25, -0.2) is 0 Å². The Morgan fingerprint density at radius 3 is 2.28 bits per heavy atom. The van der Waals surface area contributed by atoms with Gasteiger partial charge in [0.15, 0.2) is 0 Å². The van der Waals surface area contributed by atoms with Gasteiger partial charge in [-0.3, -0.25) is 4.90 Å². The predicted octanol–water partition coefficient (Wildman–Crippen LogP) is 2.88. The highest BCUT2D eigenvalue weighted by atomic mass is 16.5. The van der Waals surface area contributed by atoms with E-state index in [0.29, 0.717) is 0 Å². The molecule has 0 unspecified atom stereocenters. The first-order chi connectivity index (χ1) is 8.74. The Bertz CT molecular complexity index is 391. The number of hydrogen-bond acceptors (Lipinski definition) is 3. The van der Waals surface area contributed by atoms with Gasteiger partial charge < -0.3 is 9.47 Å². The third kappa shape index (κ3) is 3.93. The molecular formula is C15H21NO2. The van der Waals surface area contributed by atoms with Crippen LogP contribution in [0.4, 0.5) is 0 Å². The lowest BCUT2D eigenvalue weighted by molar-refractivity contribution is 0.316. The van der Waals surface area contributed by atoms with Crippen molar-refractivity contribution < 1.29 is 9.47 Å². The summed E-state index contributed by atoms with van der Waals surface area (Å²) in [6.07, 6.45) is 3.78. The van der Waals surface area contributed by atoms with Gasteiger partial charge in [-0.15, -0.1) is 13.2 Å². The van der Waals surface area contributed by atoms with Crippen molar-refractivity contribution in [1.82, 2.24) is 4.90 Å². The molecule has 3 nitrogen and oxygen atoms in total. The summed E-state index contributed by atoms with van der Waals surface area (Å²) >= 11 is 0. The van der Waals surface area contributed by atoms with E-state index in [1.54, 1.807) is 14.2 Å². The highest BCUT2D eigenvalue weighted by Crippen LogP contribution is 2.25. The van der Waals surface area contributed by atoms with Crippen LogP contribution in [0.2, 0.25) is 0 Å². The van der Waals surface area contributed by atoms with Crippen LogP contribution in [0.1, 0.15) is 5.56 Å². The molecule has 0 spiro atoms. The van der Waals surface area contributed by atoms with E-state index >= 15 is 0 Å². The molecule has 0 saturated heterocycles. The molecule has 1 rings (SSSR count). The topological polar surface area (TPSA) is 21.7 Å². The molecule has 0 bridgehead atoms. The summed E-state index contributed by atoms with van der Waals surface area (Å²) in [7, 11) is 3.32. The molecular weight excluding hydrogens is 226 g/mol. The highest BCUT2D eigenvalue weighted by Gasteiger charge is 2.08. The third-order valence-electron chi connectivity index (χ3n) is 2.66. The number of hydrogen-bond donors (Lipinski definition) is 0. The first-order valence-corrected chi connectivity index (χ1v) is 5.90. The lowest BCUT2D eigenvalue weighted by atomic mass is 10.1. The van der Waals surface area contributed by atoms with Gasteiger partial charge in [-0.1, -0.05) is 18.2 Å². The maximum atomic E-state index is 5.39. The van der Waals surface area contributed by atoms with Crippen molar-refractivity contribution >= 4 is 0 Å². The molecule has 0 aromatic heterocycles. The van der Waals surface area contributed by atoms with E-state index in [0.717, 1.165) is 36.7 Å². The van der Waals surface area contributed by atoms with Gasteiger partial charge in [0.25, 0.3) is 0 Å². The molecule has 98 valence electrons. The van der Waals surface area contributed by atoms with Gasteiger partial charge in [0.05, 0.1) is 14.2 Å². The Balaban J connectivity index is 2.86. The van der Waals surface area contributed by atoms with Crippen molar-refractivity contribution in [1.29, 1.82) is 0 Å². The molecule has 0 saturated carbocycles. The summed E-state index contributed by atoms with van der Waals surface area (Å²) in [5, 5.41) is 0. The second-order valence-electron chi connectivity index (χ2n) is 3.95. The second-order valence-corrected chi connectivity index (χ2v) is 3.95. The minimum absolute atomic E-state index is 0.797. The lowest BCUT2D eigenvalue weighted by Gasteiger charge is -2.20. The Kier molecular flexibility index (Phi) is 6.01. The van der Waals surface area contributed by atoms with Crippen LogP contribution in [0, 0.1) is 0 Å². The average molecular weight is 247 g/mol. The van der Waals surface area contributed by atoms with E-state index in [-0.39, 0.29) is 0 Å². The fraction of sp³-hybridized carbons (Fsp3) is 0.333. The number of nitrogens with zero attached hydrogens (tertiary/aromatic N) is 1. The highest BCUT2D eigenvalue weighted by molar-refractivity contribution is 5.40. The molecule has 0 amide bonds. The van der Waals surface area contributed by atoms with Crippen LogP contribution in [0.5, 0.6) is 11.5 Å². The van der Waals surface area contributed by atoms with E-state index in [2.05, 4.69) is 18.1 Å². The molecule has 0 aliphatic rings. The van der Waals surface area contributed by atoms with Crippen LogP contribution >= 0.6 is 0 Å². The van der Waals surface area contributed by atoms with Crippen molar-refractivity contribution in [2.24, 2.45) is 0 Å². The number of benzene rings is 1. The first-order valence-electron chi connectivity index (χ1n) is 5.90. The van der Waals surface area contributed by atoms with E-state index in [4.69, 9.17) is 9.47 Å². The summed E-state index contributed by atoms with van der Waals surface area (Å²) in [6.45, 7) is 9.97. The molecule has 1 aromatic carbocycles. The smallest absolute Gasteiger partial charge is 0.127 e. The van der Waals surface area contributed by atoms with Gasteiger partial charge in [0.2, 0.25) is 0 Å². The lowest BCUT2D eigenvalue weighted by Crippen LogP contribution is -2.23. The summed E-state index contributed by atoms with van der Waals surface area (Å²) < 4.78 is 10.6. The van der Waals surface area contributed by atoms with Crippen LogP contribution in [0.15, 0.2) is 43.5 Å². The Labute approximate surface area is 109 Å². The van der Waals surface area contributed by atoms with Crippen LogP contribution in [0.3, 0.4) is 0 Å². The van der Waals surface area contributed by atoms with Crippen molar-refractivity contribution in [3.05, 3.63) is 49.1 Å². The Morgan fingerprint density at radius 1 is 1.11 bits per heavy atom. The number of ether oxygens (including phenoxy) is 2. The fourth-order valence-electron chi connectivity index (χ4n) is 1.79. The van der Waals surface area contributed by atoms with Gasteiger partial charge >= 0.3 is 0 Å². The van der Waals surface area contributed by atoms with Crippen LogP contribution in [-0.2, 0) is 6.54 Å². The minimum atomic E-state index is 0.797. The van der Waals surface area contributed by atoms with Crippen molar-refractivity contribution in [3.63, 3.8) is 0 Å². The number of rotatable bonds is 8. The van der Waals surface area contributed by atoms with Gasteiger partial charge in [-0.05, 0) is 6.07 Å². The quantitative estimate of drug-likeness (QED) is 0.659. The zero-order valence-electron chi connectivity index (χ0n) is 11.2. The molecule has 3 heteroatoms. The molecule has 0 radical (unpaired) electrons. The van der Waals surface area contributed by atoms with Gasteiger partial charge in [0, 0.05) is 31.3 Å². The van der Waals surface area contributed by atoms with E-state index in [1.165, 1.54) is 0 Å². The average Bonchev–Trinajstić information content (AvgIpc) is 2.39. The van der Waals surface area contributed by atoms with E-state index in [9.17, 15) is 0 Å². The SMILES string of the molecule is C=CCN(CC=C)Cc1ccc(OC)cc1OC. The maximum absolute atomic E-state index is 5.39. The monoisotopic (exact) mass is 247 g/mol. The Hall–Kier alpha value is -1.74. The first kappa shape index (κ1) is 14.3. The number of methoxy groups -OCH3 is 2. The van der Waals surface area contributed by atoms with Crippen LogP contribution < -0.4 is 9.47 Å². The summed E-state index contributed by atoms with van der Waals surface area (Å²) in [5.41, 5.74) is 1.13. The standard InChI is InChI=1S/C15H21NO2/c1-5-9-16(10-6-2)12-13-7-8-14(17-3)11-15(13)18-4/h5-8,11H,1-2,9-10,12H2,3-4H3. The largest absolute Gasteiger partial charge is 0.497 e. The van der Waals surface area contributed by atoms with E-state index < -0.39 is 0 Å². The summed E-state index contributed by atoms with van der Waals surface area (Å²) in [4.78, 5) is 2.23. The fourth-order valence-corrected chi connectivity index (χ4v) is 1.79. The summed E-state index contributed by atoms with van der Waals surface area (Å²) in [6, 6.07) is 5.87. The molecule has 0 N–H and O–H groups in total. The Morgan fingerprint density at radius 2 is 1.78 bits per heavy atom. The van der Waals surface area contributed by atoms with Crippen molar-refractivity contribution in [2.75, 3.05) is 27.3 Å². The van der Waals surface area contributed by atoms with Gasteiger partial charge in [0.1, 0.15) is 11.5 Å². The maximum Gasteiger partial charge on any atom is 0.127 e. The molecule has 0 aliphatic carbocycles. The third-order valence-corrected chi connectivity index (χ3v) is 2.66. The molecule has 0 fully saturated rings. The van der Waals surface area contributed by atoms with Crippen molar-refractivity contribution in [2.45, 2.75) is 6.54 Å². The normalized spacial score (nSPS) is 10.2. The second kappa shape index (κ2) is 7.56. The van der Waals surface area contributed by atoms with Crippen LogP contribution in [-0.4, -0.2) is 32.2 Å². The van der Waals surface area contributed by atoms with Crippen molar-refractivity contribution in [3.8, 4) is 11.5 Å². The van der Waals surface area contributed by atoms with Crippen LogP contribution in [0.25, 0.3) is 0 Å². The van der Waals surface area contributed by atoms with E-state index in [1.807, 2.05) is 30.4 Å². The molecule has 18 heavy (non-hydrogen) atoms.